The Hall–Kier alpha value is -1.68. The van der Waals surface area contributed by atoms with E-state index < -0.39 is 6.79 Å². The molecule has 0 bridgehead atoms. The van der Waals surface area contributed by atoms with Crippen LogP contribution in [-0.2, 0) is 0 Å². The molecule has 0 atom stereocenters. The van der Waals surface area contributed by atoms with Crippen LogP contribution in [-0.4, -0.2) is 24.5 Å². The lowest BCUT2D eigenvalue weighted by Crippen LogP contribution is -2.01. The first-order valence-electron chi connectivity index (χ1n) is 3.60. The Morgan fingerprint density at radius 1 is 1.23 bits per heavy atom. The summed E-state index contributed by atoms with van der Waals surface area (Å²) in [5.41, 5.74) is 0.498. The molecule has 4 nitrogen and oxygen atoms in total. The number of hydrogen-bond acceptors (Lipinski definition) is 4. The molecule has 0 heterocycles. The predicted octanol–water partition coefficient (Wildman–Crippen LogP) is 0.640. The van der Waals surface area contributed by atoms with Crippen molar-refractivity contribution in [3.8, 4) is 5.75 Å². The Morgan fingerprint density at radius 2 is 1.77 bits per heavy atom. The topological polar surface area (TPSA) is 63.6 Å². The zero-order valence-electron chi connectivity index (χ0n) is 6.77. The molecule has 0 fully saturated rings. The fourth-order valence-electron chi connectivity index (χ4n) is 0.990. The molecule has 0 aliphatic rings. The number of hydrogen-bond donors (Lipinski definition) is 1. The molecule has 0 spiro atoms. The number of carbonyl (C=O) groups excluding carboxylic acids is 2. The van der Waals surface area contributed by atoms with E-state index in [9.17, 15) is 9.59 Å². The van der Waals surface area contributed by atoms with Crippen LogP contribution in [0.4, 0.5) is 0 Å². The van der Waals surface area contributed by atoms with Crippen molar-refractivity contribution >= 4 is 12.6 Å². The number of para-hydroxylation sites is 1. The Bertz CT molecular complexity index is 293. The normalized spacial score (nSPS) is 9.31. The second-order valence-electron chi connectivity index (χ2n) is 2.27. The van der Waals surface area contributed by atoms with E-state index in [1.54, 1.807) is 6.07 Å². The van der Waals surface area contributed by atoms with Crippen LogP contribution in [0, 0.1) is 0 Å². The number of aldehydes is 2. The highest BCUT2D eigenvalue weighted by Gasteiger charge is 2.07. The van der Waals surface area contributed by atoms with Crippen LogP contribution in [0.5, 0.6) is 5.75 Å². The van der Waals surface area contributed by atoms with Crippen molar-refractivity contribution in [3.05, 3.63) is 29.3 Å². The number of aliphatic hydroxyl groups excluding tert-OH is 1. The Balaban J connectivity index is 3.20. The number of benzene rings is 1. The van der Waals surface area contributed by atoms with Gasteiger partial charge in [-0.05, 0) is 12.1 Å². The highest BCUT2D eigenvalue weighted by Crippen LogP contribution is 2.20. The SMILES string of the molecule is O=Cc1cccc(C=O)c1OCO. The van der Waals surface area contributed by atoms with Gasteiger partial charge in [-0.25, -0.2) is 0 Å². The maximum Gasteiger partial charge on any atom is 0.186 e. The minimum atomic E-state index is -0.564. The molecule has 0 aromatic heterocycles. The van der Waals surface area contributed by atoms with Gasteiger partial charge in [0.2, 0.25) is 0 Å². The van der Waals surface area contributed by atoms with E-state index >= 15 is 0 Å². The van der Waals surface area contributed by atoms with Crippen molar-refractivity contribution in [1.29, 1.82) is 0 Å². The maximum absolute atomic E-state index is 10.5. The van der Waals surface area contributed by atoms with Gasteiger partial charge in [-0.1, -0.05) is 6.07 Å². The fourth-order valence-corrected chi connectivity index (χ4v) is 0.990. The summed E-state index contributed by atoms with van der Waals surface area (Å²) in [6.07, 6.45) is 1.13. The van der Waals surface area contributed by atoms with Gasteiger partial charge in [-0.15, -0.1) is 0 Å². The summed E-state index contributed by atoms with van der Waals surface area (Å²) in [6, 6.07) is 4.58. The minimum absolute atomic E-state index is 0.120. The summed E-state index contributed by atoms with van der Waals surface area (Å²) >= 11 is 0. The van der Waals surface area contributed by atoms with Gasteiger partial charge >= 0.3 is 0 Å². The minimum Gasteiger partial charge on any atom is -0.466 e. The molecule has 1 rings (SSSR count). The molecule has 1 aromatic rings. The van der Waals surface area contributed by atoms with E-state index in [0.29, 0.717) is 12.6 Å². The van der Waals surface area contributed by atoms with Gasteiger partial charge in [0.1, 0.15) is 5.75 Å². The van der Waals surface area contributed by atoms with Gasteiger partial charge in [0.05, 0.1) is 11.1 Å². The van der Waals surface area contributed by atoms with Crippen LogP contribution < -0.4 is 4.74 Å². The van der Waals surface area contributed by atoms with Gasteiger partial charge in [-0.2, -0.15) is 0 Å². The lowest BCUT2D eigenvalue weighted by Gasteiger charge is -2.06. The highest BCUT2D eigenvalue weighted by atomic mass is 16.6. The first-order valence-corrected chi connectivity index (χ1v) is 3.60. The van der Waals surface area contributed by atoms with Gasteiger partial charge in [-0.3, -0.25) is 9.59 Å². The van der Waals surface area contributed by atoms with Crippen molar-refractivity contribution in [2.75, 3.05) is 6.79 Å². The molecule has 1 aromatic carbocycles. The largest absolute Gasteiger partial charge is 0.466 e. The summed E-state index contributed by atoms with van der Waals surface area (Å²) < 4.78 is 4.74. The van der Waals surface area contributed by atoms with Crippen LogP contribution in [0.15, 0.2) is 18.2 Å². The van der Waals surface area contributed by atoms with Gasteiger partial charge < -0.3 is 9.84 Å². The average molecular weight is 180 g/mol. The molecule has 4 heteroatoms. The second-order valence-corrected chi connectivity index (χ2v) is 2.27. The quantitative estimate of drug-likeness (QED) is 0.545. The summed E-state index contributed by atoms with van der Waals surface area (Å²) in [5, 5.41) is 8.51. The molecule has 0 amide bonds. The van der Waals surface area contributed by atoms with Crippen molar-refractivity contribution in [1.82, 2.24) is 0 Å². The standard InChI is InChI=1S/C9H8O4/c10-4-7-2-1-3-8(5-11)9(7)13-6-12/h1-5,12H,6H2. The zero-order chi connectivity index (χ0) is 9.68. The van der Waals surface area contributed by atoms with Crippen molar-refractivity contribution < 1.29 is 19.4 Å². The van der Waals surface area contributed by atoms with E-state index in [4.69, 9.17) is 9.84 Å². The van der Waals surface area contributed by atoms with Crippen LogP contribution in [0.2, 0.25) is 0 Å². The fraction of sp³-hybridized carbons (Fsp3) is 0.111. The van der Waals surface area contributed by atoms with Crippen LogP contribution in [0.3, 0.4) is 0 Å². The first kappa shape index (κ1) is 9.41. The predicted molar refractivity (Wildman–Crippen MR) is 44.9 cm³/mol. The Labute approximate surface area is 74.8 Å². The van der Waals surface area contributed by atoms with Crippen molar-refractivity contribution in [2.24, 2.45) is 0 Å². The summed E-state index contributed by atoms with van der Waals surface area (Å²) in [7, 11) is 0. The molecule has 0 aliphatic carbocycles. The highest BCUT2D eigenvalue weighted by molar-refractivity contribution is 5.88. The van der Waals surface area contributed by atoms with Gasteiger partial charge in [0.25, 0.3) is 0 Å². The number of rotatable bonds is 4. The average Bonchev–Trinajstić information content (AvgIpc) is 2.18. The Morgan fingerprint density at radius 3 is 2.15 bits per heavy atom. The van der Waals surface area contributed by atoms with Gasteiger partial charge in [0.15, 0.2) is 19.4 Å². The van der Waals surface area contributed by atoms with E-state index in [-0.39, 0.29) is 16.9 Å². The molecule has 68 valence electrons. The van der Waals surface area contributed by atoms with E-state index in [0.717, 1.165) is 0 Å². The number of aliphatic hydroxyl groups is 1. The zero-order valence-corrected chi connectivity index (χ0v) is 6.77. The lowest BCUT2D eigenvalue weighted by molar-refractivity contribution is 0.0939. The number of ether oxygens (including phenoxy) is 1. The molecule has 1 N–H and O–H groups in total. The Kier molecular flexibility index (Phi) is 3.16. The van der Waals surface area contributed by atoms with E-state index in [2.05, 4.69) is 0 Å². The van der Waals surface area contributed by atoms with Crippen LogP contribution in [0.1, 0.15) is 20.7 Å². The second kappa shape index (κ2) is 4.37. The van der Waals surface area contributed by atoms with Crippen LogP contribution in [0.25, 0.3) is 0 Å². The summed E-state index contributed by atoms with van der Waals surface area (Å²) in [5.74, 6) is 0.120. The third kappa shape index (κ3) is 1.91. The van der Waals surface area contributed by atoms with E-state index in [1.165, 1.54) is 12.1 Å². The molecule has 13 heavy (non-hydrogen) atoms. The number of carbonyl (C=O) groups is 2. The van der Waals surface area contributed by atoms with E-state index in [1.807, 2.05) is 0 Å². The summed E-state index contributed by atoms with van der Waals surface area (Å²) in [4.78, 5) is 21.0. The molecular weight excluding hydrogens is 172 g/mol. The molecular formula is C9H8O4. The smallest absolute Gasteiger partial charge is 0.186 e. The third-order valence-corrected chi connectivity index (χ3v) is 1.54. The lowest BCUT2D eigenvalue weighted by atomic mass is 10.1. The molecule has 0 unspecified atom stereocenters. The first-order chi connectivity index (χ1) is 6.33. The summed E-state index contributed by atoms with van der Waals surface area (Å²) in [6.45, 7) is -0.564. The molecule has 0 saturated carbocycles. The molecule has 0 aliphatic heterocycles. The van der Waals surface area contributed by atoms with Crippen LogP contribution >= 0.6 is 0 Å². The third-order valence-electron chi connectivity index (χ3n) is 1.54. The van der Waals surface area contributed by atoms with Crippen molar-refractivity contribution in [2.45, 2.75) is 0 Å². The molecule has 0 saturated heterocycles. The monoisotopic (exact) mass is 180 g/mol. The maximum atomic E-state index is 10.5. The van der Waals surface area contributed by atoms with Gasteiger partial charge in [0, 0.05) is 0 Å². The van der Waals surface area contributed by atoms with Crippen molar-refractivity contribution in [3.63, 3.8) is 0 Å². The molecule has 0 radical (unpaired) electrons.